The number of benzene rings is 1. The number of alkyl halides is 3. The number of hydrogen-bond donors (Lipinski definition) is 2. The summed E-state index contributed by atoms with van der Waals surface area (Å²) >= 11 is 0. The summed E-state index contributed by atoms with van der Waals surface area (Å²) in [7, 11) is 0. The third kappa shape index (κ3) is 4.10. The quantitative estimate of drug-likeness (QED) is 0.854. The van der Waals surface area contributed by atoms with Gasteiger partial charge in [0.05, 0.1) is 11.7 Å². The number of nitrogens with zero attached hydrogens (tertiary/aromatic N) is 1. The van der Waals surface area contributed by atoms with Crippen molar-refractivity contribution in [2.45, 2.75) is 25.5 Å². The van der Waals surface area contributed by atoms with Crippen molar-refractivity contribution >= 4 is 5.91 Å². The van der Waals surface area contributed by atoms with Crippen molar-refractivity contribution in [1.29, 1.82) is 0 Å². The number of hydrogen-bond acceptors (Lipinski definition) is 4. The fourth-order valence-corrected chi connectivity index (χ4v) is 2.02. The Labute approximate surface area is 130 Å². The Morgan fingerprint density at radius 1 is 1.35 bits per heavy atom. The molecule has 8 heteroatoms. The first kappa shape index (κ1) is 17.0. The van der Waals surface area contributed by atoms with E-state index < -0.39 is 31.2 Å². The van der Waals surface area contributed by atoms with Gasteiger partial charge in [-0.3, -0.25) is 4.79 Å². The number of aryl methyl sites for hydroxylation is 1. The van der Waals surface area contributed by atoms with Crippen LogP contribution in [0.15, 0.2) is 34.9 Å². The number of amides is 1. The number of carbonyl (C=O) groups excluding carboxylic acids is 1. The molecule has 1 heterocycles. The maximum Gasteiger partial charge on any atom is 0.315 e. The van der Waals surface area contributed by atoms with E-state index in [0.717, 1.165) is 0 Å². The SMILES string of the molecule is Cc1cc(-c2ccc([C@@H](O)[C@@H](CF)NC(=O)C(F)F)cc2)on1. The van der Waals surface area contributed by atoms with Crippen LogP contribution in [0, 0.1) is 6.92 Å². The highest BCUT2D eigenvalue weighted by atomic mass is 19.3. The third-order valence-electron chi connectivity index (χ3n) is 3.24. The minimum Gasteiger partial charge on any atom is -0.386 e. The average molecular weight is 328 g/mol. The van der Waals surface area contributed by atoms with E-state index in [2.05, 4.69) is 5.16 Å². The summed E-state index contributed by atoms with van der Waals surface area (Å²) in [5.41, 5.74) is 1.67. The van der Waals surface area contributed by atoms with E-state index in [1.54, 1.807) is 30.4 Å². The van der Waals surface area contributed by atoms with E-state index in [9.17, 15) is 23.1 Å². The topological polar surface area (TPSA) is 75.4 Å². The third-order valence-corrected chi connectivity index (χ3v) is 3.24. The van der Waals surface area contributed by atoms with Gasteiger partial charge in [-0.05, 0) is 12.5 Å². The van der Waals surface area contributed by atoms with Crippen molar-refractivity contribution in [1.82, 2.24) is 10.5 Å². The lowest BCUT2D eigenvalue weighted by atomic mass is 10.0. The molecule has 2 aromatic rings. The van der Waals surface area contributed by atoms with Crippen LogP contribution in [0.2, 0.25) is 0 Å². The van der Waals surface area contributed by atoms with E-state index in [4.69, 9.17) is 4.52 Å². The summed E-state index contributed by atoms with van der Waals surface area (Å²) < 4.78 is 42.4. The van der Waals surface area contributed by atoms with Gasteiger partial charge in [0.1, 0.15) is 12.8 Å². The van der Waals surface area contributed by atoms with Crippen LogP contribution in [0.4, 0.5) is 13.2 Å². The van der Waals surface area contributed by atoms with Gasteiger partial charge < -0.3 is 14.9 Å². The smallest absolute Gasteiger partial charge is 0.315 e. The first-order valence-electron chi connectivity index (χ1n) is 6.78. The Hall–Kier alpha value is -2.35. The first-order valence-corrected chi connectivity index (χ1v) is 6.78. The lowest BCUT2D eigenvalue weighted by Gasteiger charge is -2.21. The molecule has 0 bridgehead atoms. The molecule has 0 radical (unpaired) electrons. The van der Waals surface area contributed by atoms with E-state index in [0.29, 0.717) is 17.0 Å². The van der Waals surface area contributed by atoms with Gasteiger partial charge in [0.25, 0.3) is 5.91 Å². The molecule has 0 unspecified atom stereocenters. The number of aromatic nitrogens is 1. The van der Waals surface area contributed by atoms with E-state index >= 15 is 0 Å². The highest BCUT2D eigenvalue weighted by Gasteiger charge is 2.26. The molecule has 0 aliphatic heterocycles. The van der Waals surface area contributed by atoms with Gasteiger partial charge in [0.15, 0.2) is 5.76 Å². The predicted octanol–water partition coefficient (Wildman–Crippen LogP) is 2.40. The molecule has 0 fully saturated rings. The van der Waals surface area contributed by atoms with Crippen LogP contribution in [0.3, 0.4) is 0 Å². The molecule has 1 aromatic carbocycles. The number of nitrogens with one attached hydrogen (secondary N) is 1. The van der Waals surface area contributed by atoms with E-state index in [1.165, 1.54) is 12.1 Å². The molecule has 0 aliphatic carbocycles. The minimum atomic E-state index is -3.27. The summed E-state index contributed by atoms with van der Waals surface area (Å²) in [5, 5.41) is 15.6. The van der Waals surface area contributed by atoms with Crippen molar-refractivity contribution in [3.05, 3.63) is 41.6 Å². The molecule has 0 saturated carbocycles. The van der Waals surface area contributed by atoms with Crippen LogP contribution in [-0.2, 0) is 4.79 Å². The van der Waals surface area contributed by atoms with Crippen molar-refractivity contribution in [3.63, 3.8) is 0 Å². The molecule has 0 aliphatic rings. The fraction of sp³-hybridized carbons (Fsp3) is 0.333. The second-order valence-electron chi connectivity index (χ2n) is 4.97. The average Bonchev–Trinajstić information content (AvgIpc) is 2.98. The molecule has 2 N–H and O–H groups in total. The largest absolute Gasteiger partial charge is 0.386 e. The Morgan fingerprint density at radius 2 is 2.00 bits per heavy atom. The van der Waals surface area contributed by atoms with E-state index in [-0.39, 0.29) is 5.56 Å². The zero-order valence-electron chi connectivity index (χ0n) is 12.2. The second kappa shape index (κ2) is 7.28. The van der Waals surface area contributed by atoms with Crippen LogP contribution in [0.25, 0.3) is 11.3 Å². The zero-order chi connectivity index (χ0) is 17.0. The predicted molar refractivity (Wildman–Crippen MR) is 75.5 cm³/mol. The summed E-state index contributed by atoms with van der Waals surface area (Å²) in [6.07, 6.45) is -4.72. The molecule has 23 heavy (non-hydrogen) atoms. The Kier molecular flexibility index (Phi) is 5.38. The van der Waals surface area contributed by atoms with Crippen molar-refractivity contribution < 1.29 is 27.6 Å². The summed E-state index contributed by atoms with van der Waals surface area (Å²) in [6.45, 7) is 0.589. The zero-order valence-corrected chi connectivity index (χ0v) is 12.2. The molecule has 124 valence electrons. The Bertz CT molecular complexity index is 658. The minimum absolute atomic E-state index is 0.280. The van der Waals surface area contributed by atoms with Gasteiger partial charge in [-0.25, -0.2) is 4.39 Å². The molecule has 0 spiro atoms. The molecule has 1 aromatic heterocycles. The number of rotatable bonds is 6. The van der Waals surface area contributed by atoms with Gasteiger partial charge in [0.2, 0.25) is 0 Å². The molecular formula is C15H15F3N2O3. The first-order chi connectivity index (χ1) is 10.9. The highest BCUT2D eigenvalue weighted by Crippen LogP contribution is 2.24. The van der Waals surface area contributed by atoms with Crippen molar-refractivity contribution in [3.8, 4) is 11.3 Å². The number of halogens is 3. The van der Waals surface area contributed by atoms with Crippen LogP contribution in [0.1, 0.15) is 17.4 Å². The lowest BCUT2D eigenvalue weighted by molar-refractivity contribution is -0.133. The van der Waals surface area contributed by atoms with Gasteiger partial charge in [-0.15, -0.1) is 0 Å². The summed E-state index contributed by atoms with van der Waals surface area (Å²) in [6, 6.07) is 6.49. The van der Waals surface area contributed by atoms with E-state index in [1.807, 2.05) is 0 Å². The monoisotopic (exact) mass is 328 g/mol. The normalized spacial score (nSPS) is 13.8. The van der Waals surface area contributed by atoms with Crippen LogP contribution in [-0.4, -0.2) is 35.3 Å². The Morgan fingerprint density at radius 3 is 2.48 bits per heavy atom. The molecule has 2 atom stereocenters. The number of aliphatic hydroxyl groups excluding tert-OH is 1. The molecular weight excluding hydrogens is 313 g/mol. The lowest BCUT2D eigenvalue weighted by Crippen LogP contribution is -2.43. The molecule has 0 saturated heterocycles. The number of carbonyl (C=O) groups is 1. The van der Waals surface area contributed by atoms with Gasteiger partial charge in [-0.2, -0.15) is 8.78 Å². The van der Waals surface area contributed by atoms with Gasteiger partial charge in [-0.1, -0.05) is 29.4 Å². The van der Waals surface area contributed by atoms with Crippen LogP contribution < -0.4 is 5.32 Å². The molecule has 5 nitrogen and oxygen atoms in total. The summed E-state index contributed by atoms with van der Waals surface area (Å²) in [5.74, 6) is -1.10. The maximum atomic E-state index is 12.9. The number of aliphatic hydroxyl groups is 1. The Balaban J connectivity index is 2.12. The maximum absolute atomic E-state index is 12.9. The van der Waals surface area contributed by atoms with Crippen molar-refractivity contribution in [2.75, 3.05) is 6.67 Å². The highest BCUT2D eigenvalue weighted by molar-refractivity contribution is 5.79. The van der Waals surface area contributed by atoms with Gasteiger partial charge >= 0.3 is 6.43 Å². The van der Waals surface area contributed by atoms with Crippen LogP contribution in [0.5, 0.6) is 0 Å². The molecule has 2 rings (SSSR count). The molecule has 1 amide bonds. The fourth-order valence-electron chi connectivity index (χ4n) is 2.02. The summed E-state index contributed by atoms with van der Waals surface area (Å²) in [4.78, 5) is 10.9. The van der Waals surface area contributed by atoms with Crippen molar-refractivity contribution in [2.24, 2.45) is 0 Å². The second-order valence-corrected chi connectivity index (χ2v) is 4.97. The van der Waals surface area contributed by atoms with Crippen LogP contribution >= 0.6 is 0 Å². The standard InChI is InChI=1S/C15H15F3N2O3/c1-8-6-12(23-20-8)9-2-4-10(5-3-9)13(21)11(7-16)19-15(22)14(17)18/h2-6,11,13-14,21H,7H2,1H3,(H,19,22)/t11-,13-/m1/s1. The van der Waals surface area contributed by atoms with Gasteiger partial charge in [0, 0.05) is 11.6 Å².